The Hall–Kier alpha value is -0.0500. The van der Waals surface area contributed by atoms with E-state index in [1.165, 1.54) is 37.0 Å². The third kappa shape index (κ3) is 4.44. The number of halogens is 1. The van der Waals surface area contributed by atoms with Crippen molar-refractivity contribution in [1.82, 2.24) is 5.32 Å². The molecule has 0 aromatic carbocycles. The summed E-state index contributed by atoms with van der Waals surface area (Å²) in [6.07, 6.45) is 6.25. The molecule has 0 spiro atoms. The molecule has 92 valence electrons. The van der Waals surface area contributed by atoms with Gasteiger partial charge in [-0.15, -0.1) is 11.3 Å². The molecule has 0 aliphatic rings. The molecule has 1 N–H and O–H groups in total. The fourth-order valence-electron chi connectivity index (χ4n) is 1.80. The molecule has 0 amide bonds. The van der Waals surface area contributed by atoms with Crippen LogP contribution < -0.4 is 5.32 Å². The summed E-state index contributed by atoms with van der Waals surface area (Å²) in [4.78, 5) is 1.31. The number of hydrogen-bond acceptors (Lipinski definition) is 2. The summed E-state index contributed by atoms with van der Waals surface area (Å²) in [5.74, 6) is 0. The van der Waals surface area contributed by atoms with Crippen molar-refractivity contribution in [2.45, 2.75) is 52.0 Å². The van der Waals surface area contributed by atoms with Crippen molar-refractivity contribution < 1.29 is 0 Å². The Balaban J connectivity index is 2.53. The summed E-state index contributed by atoms with van der Waals surface area (Å²) < 4.78 is 0. The molecule has 1 unspecified atom stereocenters. The molecule has 0 aliphatic heterocycles. The van der Waals surface area contributed by atoms with E-state index < -0.39 is 0 Å². The van der Waals surface area contributed by atoms with Gasteiger partial charge >= 0.3 is 0 Å². The summed E-state index contributed by atoms with van der Waals surface area (Å²) in [5, 5.41) is 6.61. The Bertz CT molecular complexity index is 285. The van der Waals surface area contributed by atoms with Gasteiger partial charge in [-0.1, -0.05) is 44.7 Å². The molecule has 16 heavy (non-hydrogen) atoms. The van der Waals surface area contributed by atoms with Gasteiger partial charge in [0.05, 0.1) is 5.02 Å². The van der Waals surface area contributed by atoms with Gasteiger partial charge in [0.15, 0.2) is 0 Å². The van der Waals surface area contributed by atoms with E-state index in [4.69, 9.17) is 11.6 Å². The lowest BCUT2D eigenvalue weighted by Crippen LogP contribution is -2.21. The molecule has 1 aromatic heterocycles. The monoisotopic (exact) mass is 259 g/mol. The van der Waals surface area contributed by atoms with Crippen LogP contribution in [0.5, 0.6) is 0 Å². The molecule has 1 rings (SSSR count). The van der Waals surface area contributed by atoms with E-state index in [1.54, 1.807) is 11.3 Å². The lowest BCUT2D eigenvalue weighted by molar-refractivity contribution is 0.480. The smallest absolute Gasteiger partial charge is 0.0561 e. The topological polar surface area (TPSA) is 12.0 Å². The molecule has 1 nitrogen and oxygen atoms in total. The van der Waals surface area contributed by atoms with Crippen LogP contribution in [0.2, 0.25) is 5.02 Å². The minimum atomic E-state index is 0.457. The van der Waals surface area contributed by atoms with Crippen LogP contribution in [0.15, 0.2) is 11.4 Å². The SMILES string of the molecule is CCCCCC(NCCC)c1sccc1Cl. The Morgan fingerprint density at radius 2 is 2.12 bits per heavy atom. The average Bonchev–Trinajstić information content (AvgIpc) is 2.70. The van der Waals surface area contributed by atoms with E-state index in [9.17, 15) is 0 Å². The van der Waals surface area contributed by atoms with Crippen molar-refractivity contribution in [3.8, 4) is 0 Å². The van der Waals surface area contributed by atoms with Gasteiger partial charge in [-0.3, -0.25) is 0 Å². The van der Waals surface area contributed by atoms with Crippen LogP contribution in [0.3, 0.4) is 0 Å². The van der Waals surface area contributed by atoms with Crippen molar-refractivity contribution in [2.75, 3.05) is 6.54 Å². The van der Waals surface area contributed by atoms with Crippen molar-refractivity contribution in [3.63, 3.8) is 0 Å². The fraction of sp³-hybridized carbons (Fsp3) is 0.692. The Morgan fingerprint density at radius 1 is 1.31 bits per heavy atom. The Labute approximate surface area is 108 Å². The summed E-state index contributed by atoms with van der Waals surface area (Å²) in [5.41, 5.74) is 0. The van der Waals surface area contributed by atoms with Crippen molar-refractivity contribution in [2.24, 2.45) is 0 Å². The highest BCUT2D eigenvalue weighted by Gasteiger charge is 2.14. The number of hydrogen-bond donors (Lipinski definition) is 1. The number of unbranched alkanes of at least 4 members (excludes halogenated alkanes) is 2. The van der Waals surface area contributed by atoms with E-state index in [0.29, 0.717) is 6.04 Å². The molecule has 1 heterocycles. The maximum atomic E-state index is 6.20. The summed E-state index contributed by atoms with van der Waals surface area (Å²) in [7, 11) is 0. The van der Waals surface area contributed by atoms with Gasteiger partial charge in [0.1, 0.15) is 0 Å². The van der Waals surface area contributed by atoms with Crippen LogP contribution in [-0.4, -0.2) is 6.54 Å². The second kappa shape index (κ2) is 8.10. The van der Waals surface area contributed by atoms with Crippen LogP contribution in [0.25, 0.3) is 0 Å². The van der Waals surface area contributed by atoms with Crippen LogP contribution in [0.4, 0.5) is 0 Å². The van der Waals surface area contributed by atoms with E-state index in [-0.39, 0.29) is 0 Å². The first-order valence-corrected chi connectivity index (χ1v) is 7.51. The summed E-state index contributed by atoms with van der Waals surface area (Å²) in [6, 6.07) is 2.46. The van der Waals surface area contributed by atoms with Crippen LogP contribution in [0.1, 0.15) is 56.9 Å². The predicted octanol–water partition coefficient (Wildman–Crippen LogP) is 5.02. The lowest BCUT2D eigenvalue weighted by Gasteiger charge is -2.17. The first kappa shape index (κ1) is 14.0. The maximum Gasteiger partial charge on any atom is 0.0561 e. The van der Waals surface area contributed by atoms with Gasteiger partial charge in [0.2, 0.25) is 0 Å². The molecule has 0 fully saturated rings. The highest BCUT2D eigenvalue weighted by atomic mass is 35.5. The maximum absolute atomic E-state index is 6.20. The molecule has 0 bridgehead atoms. The third-order valence-corrected chi connectivity index (χ3v) is 4.17. The van der Waals surface area contributed by atoms with Crippen molar-refractivity contribution >= 4 is 22.9 Å². The molecule has 3 heteroatoms. The molecule has 0 saturated carbocycles. The zero-order valence-corrected chi connectivity index (χ0v) is 11.8. The fourth-order valence-corrected chi connectivity index (χ4v) is 3.10. The summed E-state index contributed by atoms with van der Waals surface area (Å²) >= 11 is 7.97. The molecule has 1 atom stereocenters. The molecule has 0 aliphatic carbocycles. The normalized spacial score (nSPS) is 12.9. The number of nitrogens with one attached hydrogen (secondary N) is 1. The Morgan fingerprint density at radius 3 is 2.69 bits per heavy atom. The minimum Gasteiger partial charge on any atom is -0.309 e. The zero-order valence-electron chi connectivity index (χ0n) is 10.3. The van der Waals surface area contributed by atoms with Gasteiger partial charge in [-0.05, 0) is 30.8 Å². The van der Waals surface area contributed by atoms with E-state index in [2.05, 4.69) is 24.5 Å². The molecule has 1 aromatic rings. The standard InChI is InChI=1S/C13H22ClNS/c1-3-5-6-7-12(15-9-4-2)13-11(14)8-10-16-13/h8,10,12,15H,3-7,9H2,1-2H3. The summed E-state index contributed by atoms with van der Waals surface area (Å²) in [6.45, 7) is 5.52. The first-order valence-electron chi connectivity index (χ1n) is 6.25. The minimum absolute atomic E-state index is 0.457. The van der Waals surface area contributed by atoms with E-state index in [1.807, 2.05) is 6.07 Å². The second-order valence-corrected chi connectivity index (χ2v) is 5.49. The molecule has 0 saturated heterocycles. The second-order valence-electron chi connectivity index (χ2n) is 4.14. The number of rotatable bonds is 8. The molecular formula is C13H22ClNS. The van der Waals surface area contributed by atoms with Gasteiger partial charge < -0.3 is 5.32 Å². The van der Waals surface area contributed by atoms with Crippen molar-refractivity contribution in [3.05, 3.63) is 21.3 Å². The van der Waals surface area contributed by atoms with Crippen LogP contribution >= 0.6 is 22.9 Å². The van der Waals surface area contributed by atoms with Gasteiger partial charge in [-0.2, -0.15) is 0 Å². The zero-order chi connectivity index (χ0) is 11.8. The Kier molecular flexibility index (Phi) is 7.10. The van der Waals surface area contributed by atoms with E-state index >= 15 is 0 Å². The average molecular weight is 260 g/mol. The predicted molar refractivity (Wildman–Crippen MR) is 74.5 cm³/mol. The molecule has 0 radical (unpaired) electrons. The third-order valence-electron chi connectivity index (χ3n) is 2.70. The molecular weight excluding hydrogens is 238 g/mol. The highest BCUT2D eigenvalue weighted by molar-refractivity contribution is 7.10. The first-order chi connectivity index (χ1) is 7.79. The number of thiophene rings is 1. The van der Waals surface area contributed by atoms with Gasteiger partial charge in [0.25, 0.3) is 0 Å². The largest absolute Gasteiger partial charge is 0.309 e. The van der Waals surface area contributed by atoms with Crippen LogP contribution in [-0.2, 0) is 0 Å². The van der Waals surface area contributed by atoms with E-state index in [0.717, 1.165) is 11.6 Å². The highest BCUT2D eigenvalue weighted by Crippen LogP contribution is 2.31. The lowest BCUT2D eigenvalue weighted by atomic mass is 10.1. The van der Waals surface area contributed by atoms with Gasteiger partial charge in [0, 0.05) is 10.9 Å². The van der Waals surface area contributed by atoms with Crippen molar-refractivity contribution in [1.29, 1.82) is 0 Å². The van der Waals surface area contributed by atoms with Gasteiger partial charge in [-0.25, -0.2) is 0 Å². The van der Waals surface area contributed by atoms with Crippen LogP contribution in [0, 0.1) is 0 Å². The quantitative estimate of drug-likeness (QED) is 0.646.